The molecule has 4 aromatic rings. The van der Waals surface area contributed by atoms with Crippen LogP contribution in [0.15, 0.2) is 45.7 Å². The molecule has 0 bridgehead atoms. The summed E-state index contributed by atoms with van der Waals surface area (Å²) in [5.41, 5.74) is 6.22. The van der Waals surface area contributed by atoms with E-state index < -0.39 is 0 Å². The molecule has 0 amide bonds. The van der Waals surface area contributed by atoms with Crippen LogP contribution in [-0.2, 0) is 12.8 Å². The molecule has 132 valence electrons. The average molecular weight is 348 g/mol. The molecule has 0 atom stereocenters. The fourth-order valence-electron chi connectivity index (χ4n) is 3.39. The van der Waals surface area contributed by atoms with Crippen molar-refractivity contribution in [3.05, 3.63) is 75.2 Å². The van der Waals surface area contributed by atoms with Gasteiger partial charge in [-0.25, -0.2) is 9.50 Å². The fraction of sp³-hybridized carbons (Fsp3) is 0.250. The summed E-state index contributed by atoms with van der Waals surface area (Å²) in [5.74, 6) is 0.822. The Morgan fingerprint density at radius 1 is 1.12 bits per heavy atom. The lowest BCUT2D eigenvalue weighted by Crippen LogP contribution is -2.16. The third-order valence-electron chi connectivity index (χ3n) is 4.72. The van der Waals surface area contributed by atoms with Crippen LogP contribution in [0.25, 0.3) is 16.8 Å². The lowest BCUT2D eigenvalue weighted by atomic mass is 10.1. The first-order valence-corrected chi connectivity index (χ1v) is 8.63. The van der Waals surface area contributed by atoms with Crippen molar-refractivity contribution in [2.75, 3.05) is 0 Å². The van der Waals surface area contributed by atoms with Crippen molar-refractivity contribution in [3.8, 4) is 11.1 Å². The first-order valence-electron chi connectivity index (χ1n) is 8.63. The number of H-pyrrole nitrogens is 1. The van der Waals surface area contributed by atoms with Gasteiger partial charge in [0.15, 0.2) is 5.65 Å². The molecule has 0 unspecified atom stereocenters. The minimum atomic E-state index is -0.103. The second kappa shape index (κ2) is 6.29. The maximum atomic E-state index is 12.6. The number of hydrogen-bond donors (Lipinski definition) is 1. The molecule has 0 aliphatic carbocycles. The van der Waals surface area contributed by atoms with Crippen LogP contribution in [0.5, 0.6) is 0 Å². The van der Waals surface area contributed by atoms with Crippen LogP contribution < -0.4 is 5.56 Å². The number of aromatic nitrogens is 4. The van der Waals surface area contributed by atoms with Gasteiger partial charge < -0.3 is 4.52 Å². The topological polar surface area (TPSA) is 76.2 Å². The quantitative estimate of drug-likeness (QED) is 0.613. The summed E-state index contributed by atoms with van der Waals surface area (Å²) in [4.78, 5) is 17.3. The molecule has 0 fully saturated rings. The van der Waals surface area contributed by atoms with E-state index >= 15 is 0 Å². The second-order valence-corrected chi connectivity index (χ2v) is 6.53. The fourth-order valence-corrected chi connectivity index (χ4v) is 3.39. The van der Waals surface area contributed by atoms with Gasteiger partial charge in [0.05, 0.1) is 5.69 Å². The molecule has 0 aliphatic rings. The van der Waals surface area contributed by atoms with Crippen LogP contribution in [0.3, 0.4) is 0 Å². The van der Waals surface area contributed by atoms with Crippen LogP contribution in [0.4, 0.5) is 0 Å². The molecule has 1 N–H and O–H groups in total. The molecule has 0 radical (unpaired) electrons. The van der Waals surface area contributed by atoms with Crippen LogP contribution in [0, 0.1) is 20.8 Å². The van der Waals surface area contributed by atoms with Gasteiger partial charge in [-0.05, 0) is 39.2 Å². The molecular formula is C20H20N4O2. The van der Waals surface area contributed by atoms with Crippen molar-refractivity contribution in [3.63, 3.8) is 0 Å². The first kappa shape index (κ1) is 16.3. The second-order valence-electron chi connectivity index (χ2n) is 6.53. The maximum Gasteiger partial charge on any atom is 0.272 e. The number of hydrogen-bond acceptors (Lipinski definition) is 4. The normalized spacial score (nSPS) is 11.3. The highest BCUT2D eigenvalue weighted by Crippen LogP contribution is 2.26. The van der Waals surface area contributed by atoms with Gasteiger partial charge in [0, 0.05) is 28.6 Å². The Balaban J connectivity index is 1.77. The minimum absolute atomic E-state index is 0.103. The molecule has 1 aromatic carbocycles. The largest absolute Gasteiger partial charge is 0.361 e. The highest BCUT2D eigenvalue weighted by Gasteiger charge is 2.15. The molecular weight excluding hydrogens is 328 g/mol. The minimum Gasteiger partial charge on any atom is -0.361 e. The molecule has 6 heteroatoms. The summed E-state index contributed by atoms with van der Waals surface area (Å²) < 4.78 is 6.73. The molecule has 4 rings (SSSR count). The summed E-state index contributed by atoms with van der Waals surface area (Å²) in [6, 6.07) is 11.6. The molecule has 0 saturated carbocycles. The number of rotatable bonds is 4. The average Bonchev–Trinajstić information content (AvgIpc) is 3.13. The zero-order valence-corrected chi connectivity index (χ0v) is 15.0. The molecule has 3 aromatic heterocycles. The van der Waals surface area contributed by atoms with Crippen LogP contribution in [0.2, 0.25) is 0 Å². The number of aromatic amines is 1. The highest BCUT2D eigenvalue weighted by atomic mass is 16.5. The van der Waals surface area contributed by atoms with Gasteiger partial charge in [-0.1, -0.05) is 35.5 Å². The van der Waals surface area contributed by atoms with E-state index in [0.717, 1.165) is 46.0 Å². The van der Waals surface area contributed by atoms with Gasteiger partial charge in [-0.2, -0.15) is 0 Å². The summed E-state index contributed by atoms with van der Waals surface area (Å²) >= 11 is 0. The number of fused-ring (bicyclic) bond motifs is 1. The standard InChI is InChI=1S/C20H20N4O2/c1-12-17(14(3)26-23-12)10-9-16-11-18(25)24-20(21-16)19(13(2)22-24)15-7-5-4-6-8-15/h4-8,11,22H,9-10H2,1-3H3. The Labute approximate surface area is 150 Å². The predicted octanol–water partition coefficient (Wildman–Crippen LogP) is 3.39. The highest BCUT2D eigenvalue weighted by molar-refractivity contribution is 5.79. The van der Waals surface area contributed by atoms with Crippen LogP contribution in [0.1, 0.15) is 28.4 Å². The van der Waals surface area contributed by atoms with Crippen molar-refractivity contribution in [2.24, 2.45) is 0 Å². The van der Waals surface area contributed by atoms with E-state index in [1.54, 1.807) is 6.07 Å². The lowest BCUT2D eigenvalue weighted by Gasteiger charge is -2.04. The third-order valence-corrected chi connectivity index (χ3v) is 4.72. The van der Waals surface area contributed by atoms with Gasteiger partial charge in [-0.3, -0.25) is 9.89 Å². The van der Waals surface area contributed by atoms with E-state index in [-0.39, 0.29) is 5.56 Å². The van der Waals surface area contributed by atoms with E-state index in [9.17, 15) is 4.79 Å². The van der Waals surface area contributed by atoms with Crippen LogP contribution >= 0.6 is 0 Å². The zero-order chi connectivity index (χ0) is 18.3. The van der Waals surface area contributed by atoms with Crippen molar-refractivity contribution >= 4 is 5.65 Å². The van der Waals surface area contributed by atoms with E-state index in [1.807, 2.05) is 51.1 Å². The molecule has 0 spiro atoms. The SMILES string of the molecule is Cc1noc(C)c1CCc1cc(=O)n2[nH]c(C)c(-c3ccccc3)c2n1. The first-order chi connectivity index (χ1) is 12.5. The molecule has 6 nitrogen and oxygen atoms in total. The van der Waals surface area contributed by atoms with E-state index in [4.69, 9.17) is 9.51 Å². The summed E-state index contributed by atoms with van der Waals surface area (Å²) in [7, 11) is 0. The van der Waals surface area contributed by atoms with Gasteiger partial charge in [0.25, 0.3) is 5.56 Å². The monoisotopic (exact) mass is 348 g/mol. The Morgan fingerprint density at radius 2 is 1.88 bits per heavy atom. The number of benzene rings is 1. The van der Waals surface area contributed by atoms with E-state index in [0.29, 0.717) is 12.1 Å². The Kier molecular flexibility index (Phi) is 3.95. The number of nitrogens with one attached hydrogen (secondary N) is 1. The van der Waals surface area contributed by atoms with Crippen molar-refractivity contribution < 1.29 is 4.52 Å². The van der Waals surface area contributed by atoms with Gasteiger partial charge >= 0.3 is 0 Å². The summed E-state index contributed by atoms with van der Waals surface area (Å²) in [6.45, 7) is 5.80. The van der Waals surface area contributed by atoms with Gasteiger partial charge in [0.1, 0.15) is 5.76 Å². The summed E-state index contributed by atoms with van der Waals surface area (Å²) in [5, 5.41) is 7.11. The number of aryl methyl sites for hydroxylation is 4. The van der Waals surface area contributed by atoms with Crippen molar-refractivity contribution in [1.29, 1.82) is 0 Å². The van der Waals surface area contributed by atoms with E-state index in [2.05, 4.69) is 10.3 Å². The van der Waals surface area contributed by atoms with Crippen molar-refractivity contribution in [2.45, 2.75) is 33.6 Å². The molecule has 26 heavy (non-hydrogen) atoms. The van der Waals surface area contributed by atoms with Gasteiger partial charge in [-0.15, -0.1) is 0 Å². The predicted molar refractivity (Wildman–Crippen MR) is 99.4 cm³/mol. The van der Waals surface area contributed by atoms with Crippen LogP contribution in [-0.4, -0.2) is 19.8 Å². The Bertz CT molecular complexity index is 1120. The smallest absolute Gasteiger partial charge is 0.272 e. The van der Waals surface area contributed by atoms with E-state index in [1.165, 1.54) is 4.52 Å². The molecule has 0 aliphatic heterocycles. The zero-order valence-electron chi connectivity index (χ0n) is 15.0. The Morgan fingerprint density at radius 3 is 2.58 bits per heavy atom. The lowest BCUT2D eigenvalue weighted by molar-refractivity contribution is 0.392. The summed E-state index contributed by atoms with van der Waals surface area (Å²) in [6.07, 6.45) is 1.40. The number of nitrogens with zero attached hydrogens (tertiary/aromatic N) is 3. The third kappa shape index (κ3) is 2.73. The Hall–Kier alpha value is -3.15. The van der Waals surface area contributed by atoms with Gasteiger partial charge in [0.2, 0.25) is 0 Å². The van der Waals surface area contributed by atoms with Crippen molar-refractivity contribution in [1.82, 2.24) is 19.8 Å². The molecule has 0 saturated heterocycles. The maximum absolute atomic E-state index is 12.6. The molecule has 3 heterocycles.